The molecule has 3 rings (SSSR count). The van der Waals surface area contributed by atoms with Gasteiger partial charge in [-0.05, 0) is 41.8 Å². The smallest absolute Gasteiger partial charge is 0.340 e. The van der Waals surface area contributed by atoms with E-state index < -0.39 is 11.6 Å². The van der Waals surface area contributed by atoms with E-state index in [-0.39, 0.29) is 25.5 Å². The Balaban J connectivity index is 1.64. The van der Waals surface area contributed by atoms with Gasteiger partial charge in [0.25, 0.3) is 5.91 Å². The van der Waals surface area contributed by atoms with Crippen molar-refractivity contribution in [1.29, 1.82) is 0 Å². The highest BCUT2D eigenvalue weighted by molar-refractivity contribution is 6.34. The summed E-state index contributed by atoms with van der Waals surface area (Å²) in [4.78, 5) is 24.2. The molecule has 1 aliphatic rings. The van der Waals surface area contributed by atoms with Crippen LogP contribution >= 0.6 is 11.6 Å². The van der Waals surface area contributed by atoms with Gasteiger partial charge < -0.3 is 19.9 Å². The van der Waals surface area contributed by atoms with Gasteiger partial charge in [0, 0.05) is 13.0 Å². The molecule has 1 amide bonds. The second-order valence-electron chi connectivity index (χ2n) is 7.08. The predicted molar refractivity (Wildman–Crippen MR) is 114 cm³/mol. The van der Waals surface area contributed by atoms with Gasteiger partial charge in [0.15, 0.2) is 5.60 Å². The van der Waals surface area contributed by atoms with Crippen molar-refractivity contribution in [2.24, 2.45) is 0 Å². The molecule has 0 aromatic heterocycles. The van der Waals surface area contributed by atoms with Gasteiger partial charge in [0.1, 0.15) is 5.75 Å². The van der Waals surface area contributed by atoms with E-state index in [2.05, 4.69) is 5.32 Å². The fraction of sp³-hybridized carbons (Fsp3) is 0.304. The van der Waals surface area contributed by atoms with Gasteiger partial charge >= 0.3 is 5.97 Å². The first kappa shape index (κ1) is 21.9. The van der Waals surface area contributed by atoms with Crippen LogP contribution in [-0.2, 0) is 22.5 Å². The molecule has 7 heteroatoms. The lowest BCUT2D eigenvalue weighted by molar-refractivity contribution is -0.156. The van der Waals surface area contributed by atoms with Crippen LogP contribution in [0.1, 0.15) is 34.8 Å². The highest BCUT2D eigenvalue weighted by Gasteiger charge is 2.39. The third-order valence-electron chi connectivity index (χ3n) is 4.76. The molecule has 0 saturated heterocycles. The topological polar surface area (TPSA) is 84.9 Å². The Bertz CT molecular complexity index is 958. The molecule has 0 radical (unpaired) electrons. The van der Waals surface area contributed by atoms with Crippen LogP contribution in [0.3, 0.4) is 0 Å². The molecule has 1 aliphatic heterocycles. The number of carbonyl (C=O) groups excluding carboxylic acids is 1. The number of halogens is 1. The Morgan fingerprint density at radius 3 is 2.70 bits per heavy atom. The molecule has 0 aliphatic carbocycles. The maximum absolute atomic E-state index is 12.5. The van der Waals surface area contributed by atoms with Crippen molar-refractivity contribution in [3.63, 3.8) is 0 Å². The molecule has 0 fully saturated rings. The molecule has 1 atom stereocenters. The molecule has 6 nitrogen and oxygen atoms in total. The molecular weight excluding hydrogens is 406 g/mol. The van der Waals surface area contributed by atoms with Gasteiger partial charge in [-0.1, -0.05) is 48.9 Å². The quantitative estimate of drug-likeness (QED) is 0.588. The summed E-state index contributed by atoms with van der Waals surface area (Å²) in [6.07, 6.45) is 4.39. The van der Waals surface area contributed by atoms with Crippen LogP contribution in [0.25, 0.3) is 0 Å². The van der Waals surface area contributed by atoms with E-state index in [1.165, 1.54) is 0 Å². The van der Waals surface area contributed by atoms with Crippen LogP contribution in [0.4, 0.5) is 0 Å². The zero-order valence-electron chi connectivity index (χ0n) is 16.7. The Morgan fingerprint density at radius 2 is 2.03 bits per heavy atom. The fourth-order valence-electron chi connectivity index (χ4n) is 3.22. The normalized spacial score (nSPS) is 17.7. The van der Waals surface area contributed by atoms with Gasteiger partial charge in [-0.2, -0.15) is 0 Å². The highest BCUT2D eigenvalue weighted by atomic mass is 35.5. The SMILES string of the molecule is CCCOc1ccc(C(=O)NCc2cccc(CC3(C(=O)O)C=CCO3)c2)c(Cl)c1. The minimum atomic E-state index is -1.34. The highest BCUT2D eigenvalue weighted by Crippen LogP contribution is 2.26. The van der Waals surface area contributed by atoms with Crippen LogP contribution in [-0.4, -0.2) is 35.8 Å². The Morgan fingerprint density at radius 1 is 1.23 bits per heavy atom. The zero-order chi connectivity index (χ0) is 21.6. The standard InChI is InChI=1S/C23H24ClNO5/c1-2-10-29-18-7-8-19(20(24)13-18)21(26)25-15-17-6-3-5-16(12-17)14-23(22(27)28)9-4-11-30-23/h3-9,12-13H,2,10-11,14-15H2,1H3,(H,25,26)(H,27,28). The summed E-state index contributed by atoms with van der Waals surface area (Å²) >= 11 is 6.23. The predicted octanol–water partition coefficient (Wildman–Crippen LogP) is 4.01. The third kappa shape index (κ3) is 5.20. The number of carbonyl (C=O) groups is 2. The third-order valence-corrected chi connectivity index (χ3v) is 5.07. The largest absolute Gasteiger partial charge is 0.494 e. The molecule has 2 aromatic carbocycles. The number of nitrogens with one attached hydrogen (secondary N) is 1. The van der Waals surface area contributed by atoms with Crippen LogP contribution in [0, 0.1) is 0 Å². The van der Waals surface area contributed by atoms with Crippen molar-refractivity contribution in [3.05, 3.63) is 76.3 Å². The van der Waals surface area contributed by atoms with Crippen LogP contribution < -0.4 is 10.1 Å². The number of carboxylic acids is 1. The summed E-state index contributed by atoms with van der Waals surface area (Å²) < 4.78 is 11.0. The number of amides is 1. The van der Waals surface area contributed by atoms with Crippen LogP contribution in [0.5, 0.6) is 5.75 Å². The van der Waals surface area contributed by atoms with Gasteiger partial charge in [-0.3, -0.25) is 4.79 Å². The first-order valence-electron chi connectivity index (χ1n) is 9.77. The molecule has 1 unspecified atom stereocenters. The first-order chi connectivity index (χ1) is 14.4. The lowest BCUT2D eigenvalue weighted by atomic mass is 9.94. The Kier molecular flexibility index (Phi) is 7.13. The maximum Gasteiger partial charge on any atom is 0.340 e. The number of hydrogen-bond donors (Lipinski definition) is 2. The van der Waals surface area contributed by atoms with E-state index in [4.69, 9.17) is 21.1 Å². The minimum Gasteiger partial charge on any atom is -0.494 e. The number of carboxylic acid groups (broad SMARTS) is 1. The summed E-state index contributed by atoms with van der Waals surface area (Å²) in [5, 5.41) is 12.7. The van der Waals surface area contributed by atoms with E-state index >= 15 is 0 Å². The van der Waals surface area contributed by atoms with E-state index in [0.29, 0.717) is 22.9 Å². The van der Waals surface area contributed by atoms with Gasteiger partial charge in [0.05, 0.1) is 23.8 Å². The summed E-state index contributed by atoms with van der Waals surface area (Å²) in [5.74, 6) is -0.686. The van der Waals surface area contributed by atoms with E-state index in [1.54, 1.807) is 30.4 Å². The number of ether oxygens (including phenoxy) is 2. The Labute approximate surface area is 180 Å². The molecule has 0 saturated carbocycles. The first-order valence-corrected chi connectivity index (χ1v) is 10.1. The van der Waals surface area contributed by atoms with Gasteiger partial charge in [0.2, 0.25) is 0 Å². The van der Waals surface area contributed by atoms with E-state index in [0.717, 1.165) is 17.5 Å². The van der Waals surface area contributed by atoms with Gasteiger partial charge in [-0.15, -0.1) is 0 Å². The average Bonchev–Trinajstić information content (AvgIpc) is 3.21. The number of rotatable bonds is 9. The zero-order valence-corrected chi connectivity index (χ0v) is 17.4. The molecule has 30 heavy (non-hydrogen) atoms. The number of benzene rings is 2. The van der Waals surface area contributed by atoms with Crippen molar-refractivity contribution >= 4 is 23.5 Å². The molecule has 2 aromatic rings. The lowest BCUT2D eigenvalue weighted by Crippen LogP contribution is -2.39. The second-order valence-corrected chi connectivity index (χ2v) is 7.48. The molecule has 0 bridgehead atoms. The van der Waals surface area contributed by atoms with Crippen LogP contribution in [0.2, 0.25) is 5.02 Å². The van der Waals surface area contributed by atoms with Crippen molar-refractivity contribution in [1.82, 2.24) is 5.32 Å². The number of aliphatic carboxylic acids is 1. The van der Waals surface area contributed by atoms with Crippen molar-refractivity contribution in [3.8, 4) is 5.75 Å². The summed E-state index contributed by atoms with van der Waals surface area (Å²) in [6.45, 7) is 3.17. The molecule has 1 heterocycles. The Hall–Kier alpha value is -2.83. The fourth-order valence-corrected chi connectivity index (χ4v) is 3.48. The van der Waals surface area contributed by atoms with Crippen molar-refractivity contribution in [2.45, 2.75) is 31.9 Å². The lowest BCUT2D eigenvalue weighted by Gasteiger charge is -2.22. The summed E-state index contributed by atoms with van der Waals surface area (Å²) in [5.41, 5.74) is 0.691. The monoisotopic (exact) mass is 429 g/mol. The van der Waals surface area contributed by atoms with Crippen molar-refractivity contribution in [2.75, 3.05) is 13.2 Å². The molecular formula is C23H24ClNO5. The summed E-state index contributed by atoms with van der Waals surface area (Å²) in [7, 11) is 0. The average molecular weight is 430 g/mol. The van der Waals surface area contributed by atoms with Crippen LogP contribution in [0.15, 0.2) is 54.6 Å². The minimum absolute atomic E-state index is 0.214. The maximum atomic E-state index is 12.5. The molecule has 158 valence electrons. The number of hydrogen-bond acceptors (Lipinski definition) is 4. The summed E-state index contributed by atoms with van der Waals surface area (Å²) in [6, 6.07) is 12.4. The molecule has 0 spiro atoms. The van der Waals surface area contributed by atoms with E-state index in [9.17, 15) is 14.7 Å². The van der Waals surface area contributed by atoms with Crippen molar-refractivity contribution < 1.29 is 24.2 Å². The van der Waals surface area contributed by atoms with E-state index in [1.807, 2.05) is 31.2 Å². The molecule has 2 N–H and O–H groups in total. The second kappa shape index (κ2) is 9.78. The van der Waals surface area contributed by atoms with Gasteiger partial charge in [-0.25, -0.2) is 4.79 Å².